The summed E-state index contributed by atoms with van der Waals surface area (Å²) >= 11 is 0. The molecule has 1 aromatic carbocycles. The third-order valence-electron chi connectivity index (χ3n) is 5.28. The van der Waals surface area contributed by atoms with Crippen LogP contribution in [0.5, 0.6) is 0 Å². The molecule has 3 rings (SSSR count). The zero-order valence-electron chi connectivity index (χ0n) is 15.3. The van der Waals surface area contributed by atoms with E-state index in [2.05, 4.69) is 16.1 Å². The molecular weight excluding hydrogens is 336 g/mol. The molecule has 5 nitrogen and oxygen atoms in total. The normalized spacial score (nSPS) is 17.3. The number of anilines is 1. The lowest BCUT2D eigenvalue weighted by atomic mass is 9.99. The van der Waals surface area contributed by atoms with E-state index in [0.717, 1.165) is 44.2 Å². The van der Waals surface area contributed by atoms with Crippen molar-refractivity contribution in [1.29, 1.82) is 0 Å². The van der Waals surface area contributed by atoms with Gasteiger partial charge in [-0.3, -0.25) is 0 Å². The van der Waals surface area contributed by atoms with E-state index in [0.29, 0.717) is 6.42 Å². The van der Waals surface area contributed by atoms with Gasteiger partial charge in [0.1, 0.15) is 0 Å². The topological polar surface area (TPSA) is 75.3 Å². The minimum Gasteiger partial charge on any atom is -0.307 e. The van der Waals surface area contributed by atoms with Crippen LogP contribution in [0.2, 0.25) is 0 Å². The molecule has 0 radical (unpaired) electrons. The predicted molar refractivity (Wildman–Crippen MR) is 100 cm³/mol. The highest BCUT2D eigenvalue weighted by Gasteiger charge is 2.27. The molecule has 1 aromatic rings. The number of rotatable bonds is 5. The van der Waals surface area contributed by atoms with Crippen molar-refractivity contribution >= 4 is 21.7 Å². The second-order valence-corrected chi connectivity index (χ2v) is 9.87. The zero-order chi connectivity index (χ0) is 18.2. The molecule has 25 heavy (non-hydrogen) atoms. The number of benzene rings is 1. The summed E-state index contributed by atoms with van der Waals surface area (Å²) in [6.45, 7) is 5.60. The largest absolute Gasteiger partial charge is 0.332 e. The number of sulfonamides is 1. The van der Waals surface area contributed by atoms with E-state index in [-0.39, 0.29) is 5.92 Å². The lowest BCUT2D eigenvalue weighted by Crippen LogP contribution is -2.40. The zero-order valence-corrected chi connectivity index (χ0v) is 16.1. The number of carbonyl (C=O) groups excluding carboxylic acids is 1. The molecule has 2 amide bonds. The highest BCUT2D eigenvalue weighted by Crippen LogP contribution is 2.38. The quantitative estimate of drug-likeness (QED) is 0.839. The van der Waals surface area contributed by atoms with Crippen molar-refractivity contribution in [2.75, 3.05) is 5.32 Å². The van der Waals surface area contributed by atoms with Gasteiger partial charge in [0.25, 0.3) is 0 Å². The molecule has 0 aromatic heterocycles. The fourth-order valence-electron chi connectivity index (χ4n) is 4.13. The van der Waals surface area contributed by atoms with Crippen LogP contribution in [0.1, 0.15) is 62.3 Å². The Hall–Kier alpha value is -1.56. The number of nitrogens with one attached hydrogen (secondary N) is 2. The highest BCUT2D eigenvalue weighted by atomic mass is 32.2. The first-order valence-corrected chi connectivity index (χ1v) is 10.8. The number of hydrogen-bond donors (Lipinski definition) is 2. The van der Waals surface area contributed by atoms with E-state index in [1.807, 2.05) is 13.8 Å². The second kappa shape index (κ2) is 6.98. The third kappa shape index (κ3) is 3.84. The number of hydrogen-bond acceptors (Lipinski definition) is 3. The Balaban J connectivity index is 1.78. The molecule has 0 spiro atoms. The van der Waals surface area contributed by atoms with E-state index in [4.69, 9.17) is 0 Å². The van der Waals surface area contributed by atoms with Crippen molar-refractivity contribution in [3.8, 4) is 0 Å². The Kier molecular flexibility index (Phi) is 5.09. The first kappa shape index (κ1) is 18.2. The predicted octanol–water partition coefficient (Wildman–Crippen LogP) is 3.55. The average Bonchev–Trinajstić information content (AvgIpc) is 3.14. The van der Waals surface area contributed by atoms with Crippen LogP contribution in [-0.2, 0) is 35.7 Å². The summed E-state index contributed by atoms with van der Waals surface area (Å²) in [4.78, 5) is 12.4. The molecule has 0 aliphatic heterocycles. The minimum absolute atomic E-state index is 0.260. The lowest BCUT2D eigenvalue weighted by molar-refractivity contribution is 0.256. The molecule has 2 aliphatic carbocycles. The standard InChI is InChI=1S/C19H28N2O3S/c1-12(2)10-13(3)25(23,24)21-19(22)20-18-16-8-4-6-14(16)11-15-7-5-9-17(15)18/h11-13H,4-10H2,1-3H3,(H2,20,21,22). The summed E-state index contributed by atoms with van der Waals surface area (Å²) in [5, 5.41) is 2.29. The number of fused-ring (bicyclic) bond motifs is 2. The van der Waals surface area contributed by atoms with Crippen LogP contribution in [0.3, 0.4) is 0 Å². The third-order valence-corrected chi connectivity index (χ3v) is 7.00. The molecule has 0 fully saturated rings. The maximum absolute atomic E-state index is 12.4. The van der Waals surface area contributed by atoms with Crippen LogP contribution >= 0.6 is 0 Å². The monoisotopic (exact) mass is 364 g/mol. The van der Waals surface area contributed by atoms with Crippen LogP contribution in [0.25, 0.3) is 0 Å². The van der Waals surface area contributed by atoms with Crippen molar-refractivity contribution in [2.24, 2.45) is 5.92 Å². The summed E-state index contributed by atoms with van der Waals surface area (Å²) in [5.41, 5.74) is 5.89. The molecule has 2 aliphatic rings. The van der Waals surface area contributed by atoms with E-state index in [9.17, 15) is 13.2 Å². The van der Waals surface area contributed by atoms with Gasteiger partial charge in [-0.15, -0.1) is 0 Å². The van der Waals surface area contributed by atoms with Crippen molar-refractivity contribution in [1.82, 2.24) is 4.72 Å². The van der Waals surface area contributed by atoms with Gasteiger partial charge < -0.3 is 5.32 Å². The minimum atomic E-state index is -3.66. The highest BCUT2D eigenvalue weighted by molar-refractivity contribution is 7.90. The SMILES string of the molecule is CC(C)CC(C)S(=O)(=O)NC(=O)Nc1c2c(cc3c1CCC3)CCC2. The smallest absolute Gasteiger partial charge is 0.307 e. The maximum Gasteiger partial charge on any atom is 0.332 e. The number of urea groups is 1. The Morgan fingerprint density at radius 2 is 1.60 bits per heavy atom. The van der Waals surface area contributed by atoms with Crippen LogP contribution in [0, 0.1) is 5.92 Å². The molecule has 0 heterocycles. The van der Waals surface area contributed by atoms with E-state index < -0.39 is 21.3 Å². The van der Waals surface area contributed by atoms with E-state index in [1.165, 1.54) is 22.3 Å². The van der Waals surface area contributed by atoms with Crippen LogP contribution < -0.4 is 10.0 Å². The molecule has 0 saturated heterocycles. The van der Waals surface area contributed by atoms with Gasteiger partial charge in [0, 0.05) is 5.69 Å². The van der Waals surface area contributed by atoms with Gasteiger partial charge in [0.15, 0.2) is 0 Å². The van der Waals surface area contributed by atoms with Crippen molar-refractivity contribution in [3.05, 3.63) is 28.3 Å². The Labute approximate surface area is 150 Å². The lowest BCUT2D eigenvalue weighted by Gasteiger charge is -2.19. The molecule has 0 bridgehead atoms. The Morgan fingerprint density at radius 3 is 2.12 bits per heavy atom. The molecule has 1 unspecified atom stereocenters. The number of amides is 2. The first-order chi connectivity index (χ1) is 11.8. The van der Waals surface area contributed by atoms with Crippen molar-refractivity contribution in [3.63, 3.8) is 0 Å². The number of carbonyl (C=O) groups is 1. The fraction of sp³-hybridized carbons (Fsp3) is 0.632. The average molecular weight is 365 g/mol. The van der Waals surface area contributed by atoms with E-state index in [1.54, 1.807) is 6.92 Å². The van der Waals surface area contributed by atoms with E-state index >= 15 is 0 Å². The summed E-state index contributed by atoms with van der Waals surface area (Å²) in [5.74, 6) is 0.260. The van der Waals surface area contributed by atoms with Crippen molar-refractivity contribution in [2.45, 2.75) is 71.0 Å². The summed E-state index contributed by atoms with van der Waals surface area (Å²) < 4.78 is 26.9. The van der Waals surface area contributed by atoms with Gasteiger partial charge in [0.05, 0.1) is 5.25 Å². The molecule has 6 heteroatoms. The maximum atomic E-state index is 12.4. The van der Waals surface area contributed by atoms with Crippen molar-refractivity contribution < 1.29 is 13.2 Å². The van der Waals surface area contributed by atoms with Gasteiger partial charge in [-0.05, 0) is 80.0 Å². The van der Waals surface area contributed by atoms with Crippen LogP contribution in [0.4, 0.5) is 10.5 Å². The van der Waals surface area contributed by atoms with Gasteiger partial charge in [-0.2, -0.15) is 0 Å². The van der Waals surface area contributed by atoms with Gasteiger partial charge in [-0.1, -0.05) is 19.9 Å². The molecule has 138 valence electrons. The van der Waals surface area contributed by atoms with Crippen LogP contribution in [-0.4, -0.2) is 19.7 Å². The Morgan fingerprint density at radius 1 is 1.04 bits per heavy atom. The van der Waals surface area contributed by atoms with Gasteiger partial charge in [-0.25, -0.2) is 17.9 Å². The van der Waals surface area contributed by atoms with Gasteiger partial charge in [0.2, 0.25) is 10.0 Å². The number of aryl methyl sites for hydroxylation is 2. The molecule has 0 saturated carbocycles. The summed E-state index contributed by atoms with van der Waals surface area (Å²) in [7, 11) is -3.66. The van der Waals surface area contributed by atoms with Crippen LogP contribution in [0.15, 0.2) is 6.07 Å². The summed E-state index contributed by atoms with van der Waals surface area (Å²) in [6.07, 6.45) is 6.71. The first-order valence-electron chi connectivity index (χ1n) is 9.27. The fourth-order valence-corrected chi connectivity index (χ4v) is 5.28. The Bertz CT molecular complexity index is 752. The molecule has 2 N–H and O–H groups in total. The van der Waals surface area contributed by atoms with Gasteiger partial charge >= 0.3 is 6.03 Å². The molecular formula is C19H28N2O3S. The molecule has 1 atom stereocenters. The second-order valence-electron chi connectivity index (χ2n) is 7.78. The summed E-state index contributed by atoms with van der Waals surface area (Å²) in [6, 6.07) is 1.65.